The van der Waals surface area contributed by atoms with Crippen molar-refractivity contribution in [3.63, 3.8) is 0 Å². The van der Waals surface area contributed by atoms with Crippen molar-refractivity contribution in [2.45, 2.75) is 37.6 Å². The van der Waals surface area contributed by atoms with Crippen LogP contribution in [0.25, 0.3) is 6.08 Å². The van der Waals surface area contributed by atoms with Crippen LogP contribution < -0.4 is 0 Å². The molecule has 0 saturated carbocycles. The maximum absolute atomic E-state index is 12.6. The van der Waals surface area contributed by atoms with E-state index < -0.39 is 0 Å². The number of nitrogens with one attached hydrogen (secondary N) is 1. The highest BCUT2D eigenvalue weighted by molar-refractivity contribution is 5.91. The molecule has 0 radical (unpaired) electrons. The number of aromatic amines is 1. The van der Waals surface area contributed by atoms with E-state index in [-0.39, 0.29) is 17.6 Å². The predicted molar refractivity (Wildman–Crippen MR) is 102 cm³/mol. The average Bonchev–Trinajstić information content (AvgIpc) is 3.39. The maximum Gasteiger partial charge on any atom is 0.246 e. The summed E-state index contributed by atoms with van der Waals surface area (Å²) in [6, 6.07) is 10.1. The molecule has 1 aromatic carbocycles. The smallest absolute Gasteiger partial charge is 0.246 e. The van der Waals surface area contributed by atoms with E-state index in [9.17, 15) is 4.79 Å². The highest BCUT2D eigenvalue weighted by Crippen LogP contribution is 2.38. The van der Waals surface area contributed by atoms with Crippen LogP contribution in [0.4, 0.5) is 0 Å². The molecule has 3 heterocycles. The summed E-state index contributed by atoms with van der Waals surface area (Å²) in [5.74, 6) is -0.00856. The van der Waals surface area contributed by atoms with Crippen LogP contribution in [0.5, 0.6) is 0 Å². The molecule has 1 aromatic heterocycles. The second-order valence-corrected chi connectivity index (χ2v) is 7.18. The minimum absolute atomic E-state index is 0.00856. The molecule has 2 aromatic rings. The highest BCUT2D eigenvalue weighted by atomic mass is 16.6. The molecule has 2 fully saturated rings. The van der Waals surface area contributed by atoms with Crippen LogP contribution in [0.2, 0.25) is 0 Å². The number of likely N-dealkylation sites (tertiary alicyclic amines) is 1. The van der Waals surface area contributed by atoms with Gasteiger partial charge in [0, 0.05) is 25.8 Å². The highest BCUT2D eigenvalue weighted by Gasteiger charge is 2.47. The fourth-order valence-corrected chi connectivity index (χ4v) is 3.91. The summed E-state index contributed by atoms with van der Waals surface area (Å²) >= 11 is 0. The number of H-pyrrole nitrogens is 1. The zero-order chi connectivity index (χ0) is 18.5. The summed E-state index contributed by atoms with van der Waals surface area (Å²) in [5.41, 5.74) is 1.69. The second kappa shape index (κ2) is 8.06. The first kappa shape index (κ1) is 17.9. The minimum Gasteiger partial charge on any atom is -0.372 e. The van der Waals surface area contributed by atoms with Gasteiger partial charge in [0.15, 0.2) is 0 Å². The fourth-order valence-electron chi connectivity index (χ4n) is 3.91. The van der Waals surface area contributed by atoms with Crippen LogP contribution in [-0.2, 0) is 20.9 Å². The summed E-state index contributed by atoms with van der Waals surface area (Å²) in [7, 11) is 0. The normalized spacial score (nSPS) is 25.5. The first-order chi connectivity index (χ1) is 13.3. The molecule has 2 atom stereocenters. The van der Waals surface area contributed by atoms with E-state index in [0.717, 1.165) is 37.1 Å². The zero-order valence-corrected chi connectivity index (χ0v) is 15.3. The van der Waals surface area contributed by atoms with Gasteiger partial charge in [0.25, 0.3) is 0 Å². The molecule has 6 heteroatoms. The van der Waals surface area contributed by atoms with Crippen LogP contribution >= 0.6 is 0 Å². The summed E-state index contributed by atoms with van der Waals surface area (Å²) in [4.78, 5) is 21.4. The molecule has 2 saturated heterocycles. The van der Waals surface area contributed by atoms with E-state index in [4.69, 9.17) is 9.47 Å². The van der Waals surface area contributed by atoms with Gasteiger partial charge in [-0.05, 0) is 30.9 Å². The molecule has 6 nitrogen and oxygen atoms in total. The van der Waals surface area contributed by atoms with E-state index in [1.165, 1.54) is 0 Å². The number of benzene rings is 1. The topological polar surface area (TPSA) is 67.5 Å². The summed E-state index contributed by atoms with van der Waals surface area (Å²) in [6.45, 7) is 2.55. The van der Waals surface area contributed by atoms with Gasteiger partial charge in [-0.15, -0.1) is 0 Å². The quantitative estimate of drug-likeness (QED) is 0.825. The molecule has 142 valence electrons. The van der Waals surface area contributed by atoms with Gasteiger partial charge in [0.05, 0.1) is 30.4 Å². The Bertz CT molecular complexity index is 767. The van der Waals surface area contributed by atoms with Gasteiger partial charge in [-0.3, -0.25) is 4.79 Å². The Hall–Kier alpha value is -2.44. The summed E-state index contributed by atoms with van der Waals surface area (Å²) in [5, 5.41) is 0. The largest absolute Gasteiger partial charge is 0.372 e. The number of hydrogen-bond acceptors (Lipinski definition) is 4. The number of piperidine rings is 1. The fraction of sp³-hybridized carbons (Fsp3) is 0.429. The number of imidazole rings is 1. The SMILES string of the molecule is O=C(/C=C/c1cnc[nH]1)N1CC[C@]2(CCCO2)[C@H](OCc2ccccc2)C1. The Labute approximate surface area is 159 Å². The third-order valence-electron chi connectivity index (χ3n) is 5.44. The van der Waals surface area contributed by atoms with E-state index in [0.29, 0.717) is 19.7 Å². The Kier molecular flexibility index (Phi) is 5.36. The first-order valence-electron chi connectivity index (χ1n) is 9.50. The lowest BCUT2D eigenvalue weighted by Gasteiger charge is -2.44. The number of hydrogen-bond donors (Lipinski definition) is 1. The summed E-state index contributed by atoms with van der Waals surface area (Å²) < 4.78 is 12.4. The molecule has 2 aliphatic rings. The van der Waals surface area contributed by atoms with Crippen molar-refractivity contribution in [2.75, 3.05) is 19.7 Å². The molecule has 0 unspecified atom stereocenters. The Morgan fingerprint density at radius 1 is 1.37 bits per heavy atom. The lowest BCUT2D eigenvalue weighted by molar-refractivity contribution is -0.165. The standard InChI is InChI=1S/C21H25N3O3/c25-20(8-7-18-13-22-16-23-18)24-11-10-21(9-4-12-27-21)19(14-24)26-15-17-5-2-1-3-6-17/h1-3,5-8,13,16,19H,4,9-12,14-15H2,(H,22,23)/b8-7+/t19-,21-/m1/s1. The summed E-state index contributed by atoms with van der Waals surface area (Å²) in [6.07, 6.45) is 9.39. The van der Waals surface area contributed by atoms with Gasteiger partial charge in [-0.2, -0.15) is 0 Å². The third-order valence-corrected chi connectivity index (χ3v) is 5.44. The Morgan fingerprint density at radius 2 is 2.26 bits per heavy atom. The number of aromatic nitrogens is 2. The molecule has 27 heavy (non-hydrogen) atoms. The lowest BCUT2D eigenvalue weighted by Crippen LogP contribution is -2.57. The maximum atomic E-state index is 12.6. The van der Waals surface area contributed by atoms with E-state index in [2.05, 4.69) is 22.1 Å². The first-order valence-corrected chi connectivity index (χ1v) is 9.50. The van der Waals surface area contributed by atoms with Gasteiger partial charge in [0.2, 0.25) is 5.91 Å². The Balaban J connectivity index is 1.43. The van der Waals surface area contributed by atoms with Crippen molar-refractivity contribution >= 4 is 12.0 Å². The molecule has 1 amide bonds. The number of rotatable bonds is 5. The number of amides is 1. The molecule has 2 aliphatic heterocycles. The van der Waals surface area contributed by atoms with E-state index >= 15 is 0 Å². The minimum atomic E-state index is -0.251. The number of ether oxygens (including phenoxy) is 2. The molecule has 0 aliphatic carbocycles. The van der Waals surface area contributed by atoms with Crippen LogP contribution in [0, 0.1) is 0 Å². The van der Waals surface area contributed by atoms with Gasteiger partial charge >= 0.3 is 0 Å². The van der Waals surface area contributed by atoms with Gasteiger partial charge in [-0.25, -0.2) is 4.98 Å². The van der Waals surface area contributed by atoms with Crippen molar-refractivity contribution in [1.29, 1.82) is 0 Å². The molecular formula is C21H25N3O3. The second-order valence-electron chi connectivity index (χ2n) is 7.18. The molecular weight excluding hydrogens is 342 g/mol. The monoisotopic (exact) mass is 367 g/mol. The van der Waals surface area contributed by atoms with Crippen molar-refractivity contribution in [3.8, 4) is 0 Å². The molecule has 1 spiro atoms. The van der Waals surface area contributed by atoms with Gasteiger partial charge < -0.3 is 19.4 Å². The molecule has 1 N–H and O–H groups in total. The number of carbonyl (C=O) groups is 1. The van der Waals surface area contributed by atoms with Gasteiger partial charge in [0.1, 0.15) is 6.10 Å². The van der Waals surface area contributed by atoms with Crippen molar-refractivity contribution in [3.05, 3.63) is 60.2 Å². The number of carbonyl (C=O) groups excluding carboxylic acids is 1. The van der Waals surface area contributed by atoms with Crippen molar-refractivity contribution in [1.82, 2.24) is 14.9 Å². The predicted octanol–water partition coefficient (Wildman–Crippen LogP) is 2.79. The number of nitrogens with zero attached hydrogens (tertiary/aromatic N) is 2. The van der Waals surface area contributed by atoms with Crippen molar-refractivity contribution < 1.29 is 14.3 Å². The van der Waals surface area contributed by atoms with Crippen LogP contribution in [0.15, 0.2) is 48.9 Å². The van der Waals surface area contributed by atoms with Gasteiger partial charge in [-0.1, -0.05) is 30.3 Å². The molecule has 4 rings (SSSR count). The van der Waals surface area contributed by atoms with E-state index in [1.807, 2.05) is 23.1 Å². The average molecular weight is 367 g/mol. The van der Waals surface area contributed by atoms with E-state index in [1.54, 1.807) is 24.7 Å². The third kappa shape index (κ3) is 4.12. The Morgan fingerprint density at radius 3 is 3.00 bits per heavy atom. The van der Waals surface area contributed by atoms with Crippen LogP contribution in [-0.4, -0.2) is 52.2 Å². The lowest BCUT2D eigenvalue weighted by atomic mass is 9.85. The van der Waals surface area contributed by atoms with Crippen LogP contribution in [0.1, 0.15) is 30.5 Å². The van der Waals surface area contributed by atoms with Crippen molar-refractivity contribution in [2.24, 2.45) is 0 Å². The van der Waals surface area contributed by atoms with Crippen LogP contribution in [0.3, 0.4) is 0 Å². The zero-order valence-electron chi connectivity index (χ0n) is 15.3. The molecule has 0 bridgehead atoms.